The third-order valence-corrected chi connectivity index (χ3v) is 3.33. The molecule has 0 aromatic rings. The maximum absolute atomic E-state index is 12.4. The van der Waals surface area contributed by atoms with E-state index in [0.29, 0.717) is 6.42 Å². The van der Waals surface area contributed by atoms with Crippen LogP contribution in [0.25, 0.3) is 0 Å². The Labute approximate surface area is 107 Å². The molecule has 0 amide bonds. The Kier molecular flexibility index (Phi) is 5.11. The Morgan fingerprint density at radius 3 is 2.00 bits per heavy atom. The summed E-state index contributed by atoms with van der Waals surface area (Å²) in [6.45, 7) is 1.79. The number of hydrogen-bond acceptors (Lipinski definition) is 2. The van der Waals surface area contributed by atoms with Crippen molar-refractivity contribution in [1.82, 2.24) is 5.32 Å². The minimum atomic E-state index is -5.45. The molecule has 0 aromatic carbocycles. The Morgan fingerprint density at radius 2 is 1.58 bits per heavy atom. The number of hydrogen-bond donors (Lipinski definition) is 1. The van der Waals surface area contributed by atoms with Gasteiger partial charge in [-0.15, -0.1) is 0 Å². The highest BCUT2D eigenvalue weighted by Gasteiger charge is 2.59. The van der Waals surface area contributed by atoms with Crippen LogP contribution in [0.15, 0.2) is 0 Å². The third kappa shape index (κ3) is 4.52. The highest BCUT2D eigenvalue weighted by molar-refractivity contribution is 4.87. The number of nitrogens with one attached hydrogen (secondary N) is 1. The summed E-state index contributed by atoms with van der Waals surface area (Å²) in [4.78, 5) is 0. The van der Waals surface area contributed by atoms with E-state index < -0.39 is 30.6 Å². The first-order valence-electron chi connectivity index (χ1n) is 6.02. The molecule has 1 rings (SSSR count). The zero-order valence-corrected chi connectivity index (χ0v) is 10.6. The van der Waals surface area contributed by atoms with E-state index >= 15 is 0 Å². The zero-order chi connectivity index (χ0) is 14.8. The molecular weight excluding hydrogens is 276 g/mol. The maximum Gasteiger partial charge on any atom is 0.423 e. The summed E-state index contributed by atoms with van der Waals surface area (Å²) in [7, 11) is 1.51. The largest absolute Gasteiger partial charge is 0.423 e. The second-order valence-electron chi connectivity index (χ2n) is 4.95. The monoisotopic (exact) mass is 293 g/mol. The number of alkyl halides is 6. The molecular formula is C11H17F6NO. The maximum atomic E-state index is 12.4. The van der Waals surface area contributed by atoms with Crippen LogP contribution in [-0.4, -0.2) is 37.7 Å². The van der Waals surface area contributed by atoms with Gasteiger partial charge in [0, 0.05) is 6.04 Å². The molecule has 1 fully saturated rings. The van der Waals surface area contributed by atoms with Gasteiger partial charge in [0.1, 0.15) is 0 Å². The lowest BCUT2D eigenvalue weighted by Crippen LogP contribution is -2.52. The van der Waals surface area contributed by atoms with Crippen LogP contribution in [0.1, 0.15) is 26.2 Å². The van der Waals surface area contributed by atoms with Crippen molar-refractivity contribution in [2.45, 2.75) is 56.8 Å². The topological polar surface area (TPSA) is 21.3 Å². The SMILES string of the molecule is CNC1CCC(C)CC1OC(C(F)(F)F)C(F)(F)F. The lowest BCUT2D eigenvalue weighted by Gasteiger charge is -2.37. The number of halogens is 6. The van der Waals surface area contributed by atoms with Crippen LogP contribution in [-0.2, 0) is 4.74 Å². The molecule has 1 aliphatic carbocycles. The fraction of sp³-hybridized carbons (Fsp3) is 1.00. The predicted molar refractivity (Wildman–Crippen MR) is 56.6 cm³/mol. The first kappa shape index (κ1) is 16.6. The van der Waals surface area contributed by atoms with Gasteiger partial charge >= 0.3 is 12.4 Å². The molecule has 1 N–H and O–H groups in total. The van der Waals surface area contributed by atoms with Crippen LogP contribution in [0.5, 0.6) is 0 Å². The average molecular weight is 293 g/mol. The van der Waals surface area contributed by atoms with Gasteiger partial charge in [-0.25, -0.2) is 0 Å². The van der Waals surface area contributed by atoms with Crippen molar-refractivity contribution in [1.29, 1.82) is 0 Å². The zero-order valence-electron chi connectivity index (χ0n) is 10.6. The molecule has 3 atom stereocenters. The smallest absolute Gasteiger partial charge is 0.356 e. The molecule has 0 spiro atoms. The van der Waals surface area contributed by atoms with E-state index in [1.165, 1.54) is 7.05 Å². The van der Waals surface area contributed by atoms with E-state index in [2.05, 4.69) is 10.1 Å². The molecule has 2 nitrogen and oxygen atoms in total. The Balaban J connectivity index is 2.82. The second kappa shape index (κ2) is 5.87. The third-order valence-electron chi connectivity index (χ3n) is 3.33. The predicted octanol–water partition coefficient (Wildman–Crippen LogP) is 3.27. The van der Waals surface area contributed by atoms with Crippen molar-refractivity contribution in [3.8, 4) is 0 Å². The molecule has 0 bridgehead atoms. The molecule has 0 saturated heterocycles. The first-order chi connectivity index (χ1) is 8.55. The van der Waals surface area contributed by atoms with Crippen LogP contribution in [0.4, 0.5) is 26.3 Å². The summed E-state index contributed by atoms with van der Waals surface area (Å²) in [6, 6.07) is -0.483. The molecule has 3 unspecified atom stereocenters. The fourth-order valence-electron chi connectivity index (χ4n) is 2.32. The van der Waals surface area contributed by atoms with Crippen LogP contribution in [0.2, 0.25) is 0 Å². The van der Waals surface area contributed by atoms with Crippen molar-refractivity contribution >= 4 is 0 Å². The van der Waals surface area contributed by atoms with Gasteiger partial charge in [-0.2, -0.15) is 26.3 Å². The Morgan fingerprint density at radius 1 is 1.05 bits per heavy atom. The standard InChI is InChI=1S/C11H17F6NO/c1-6-3-4-7(18-2)8(5-6)19-9(10(12,13)14)11(15,16)17/h6-9,18H,3-5H2,1-2H3. The summed E-state index contributed by atoms with van der Waals surface area (Å²) < 4.78 is 79.0. The van der Waals surface area contributed by atoms with Gasteiger partial charge in [0.2, 0.25) is 6.10 Å². The van der Waals surface area contributed by atoms with Gasteiger partial charge in [-0.1, -0.05) is 6.92 Å². The lowest BCUT2D eigenvalue weighted by atomic mass is 9.85. The van der Waals surface area contributed by atoms with Crippen molar-refractivity contribution in [3.63, 3.8) is 0 Å². The number of rotatable bonds is 3. The summed E-state index contributed by atoms with van der Waals surface area (Å²) in [5.41, 5.74) is 0. The van der Waals surface area contributed by atoms with Gasteiger partial charge in [-0.3, -0.25) is 0 Å². The van der Waals surface area contributed by atoms with E-state index in [-0.39, 0.29) is 12.3 Å². The average Bonchev–Trinajstić information content (AvgIpc) is 2.23. The lowest BCUT2D eigenvalue weighted by molar-refractivity contribution is -0.334. The van der Waals surface area contributed by atoms with Crippen LogP contribution >= 0.6 is 0 Å². The van der Waals surface area contributed by atoms with Crippen molar-refractivity contribution < 1.29 is 31.1 Å². The van der Waals surface area contributed by atoms with Gasteiger partial charge in [-0.05, 0) is 32.2 Å². The summed E-state index contributed by atoms with van der Waals surface area (Å²) >= 11 is 0. The minimum Gasteiger partial charge on any atom is -0.356 e. The molecule has 114 valence electrons. The van der Waals surface area contributed by atoms with E-state index in [1.807, 2.05) is 0 Å². The van der Waals surface area contributed by atoms with Crippen LogP contribution in [0, 0.1) is 5.92 Å². The normalized spacial score (nSPS) is 29.8. The molecule has 0 aliphatic heterocycles. The molecule has 0 radical (unpaired) electrons. The molecule has 1 saturated carbocycles. The summed E-state index contributed by atoms with van der Waals surface area (Å²) in [5.74, 6) is 0.0525. The highest BCUT2D eigenvalue weighted by Crippen LogP contribution is 2.38. The molecule has 19 heavy (non-hydrogen) atoms. The van der Waals surface area contributed by atoms with E-state index in [0.717, 1.165) is 6.42 Å². The minimum absolute atomic E-state index is 0.0525. The van der Waals surface area contributed by atoms with E-state index in [9.17, 15) is 26.3 Å². The van der Waals surface area contributed by atoms with Gasteiger partial charge in [0.05, 0.1) is 6.10 Å². The van der Waals surface area contributed by atoms with Crippen molar-refractivity contribution in [3.05, 3.63) is 0 Å². The van der Waals surface area contributed by atoms with Crippen LogP contribution in [0.3, 0.4) is 0 Å². The molecule has 0 aromatic heterocycles. The number of likely N-dealkylation sites (N-methyl/N-ethyl adjacent to an activating group) is 1. The Hall–Kier alpha value is -0.500. The van der Waals surface area contributed by atoms with Gasteiger partial charge in [0.15, 0.2) is 0 Å². The molecule has 0 heterocycles. The van der Waals surface area contributed by atoms with E-state index in [4.69, 9.17) is 0 Å². The van der Waals surface area contributed by atoms with Crippen LogP contribution < -0.4 is 5.32 Å². The van der Waals surface area contributed by atoms with Gasteiger partial charge < -0.3 is 10.1 Å². The van der Waals surface area contributed by atoms with E-state index in [1.54, 1.807) is 6.92 Å². The number of ether oxygens (including phenoxy) is 1. The highest BCUT2D eigenvalue weighted by atomic mass is 19.4. The summed E-state index contributed by atoms with van der Waals surface area (Å²) in [6.07, 6.45) is -14.2. The van der Waals surface area contributed by atoms with Gasteiger partial charge in [0.25, 0.3) is 0 Å². The Bertz CT molecular complexity index is 276. The summed E-state index contributed by atoms with van der Waals surface area (Å²) in [5, 5.41) is 2.72. The fourth-order valence-corrected chi connectivity index (χ4v) is 2.32. The second-order valence-corrected chi connectivity index (χ2v) is 4.95. The molecule has 1 aliphatic rings. The quantitative estimate of drug-likeness (QED) is 0.806. The molecule has 8 heteroatoms. The first-order valence-corrected chi connectivity index (χ1v) is 6.02. The van der Waals surface area contributed by atoms with Crippen molar-refractivity contribution in [2.75, 3.05) is 7.05 Å². The van der Waals surface area contributed by atoms with Crippen molar-refractivity contribution in [2.24, 2.45) is 5.92 Å².